The molecule has 0 fully saturated rings. The molecule has 0 aliphatic heterocycles. The number of nitrogens with zero attached hydrogens (tertiary/aromatic N) is 2. The van der Waals surface area contributed by atoms with E-state index < -0.39 is 0 Å². The van der Waals surface area contributed by atoms with Gasteiger partial charge in [-0.05, 0) is 13.3 Å². The van der Waals surface area contributed by atoms with Gasteiger partial charge in [0.1, 0.15) is 0 Å². The molecule has 0 bridgehead atoms. The van der Waals surface area contributed by atoms with Crippen LogP contribution in [0, 0.1) is 0 Å². The molecule has 0 aliphatic rings. The second-order valence-electron chi connectivity index (χ2n) is 2.52. The van der Waals surface area contributed by atoms with E-state index in [1.807, 2.05) is 11.9 Å². The van der Waals surface area contributed by atoms with Gasteiger partial charge in [-0.2, -0.15) is 5.10 Å². The second-order valence-corrected chi connectivity index (χ2v) is 3.28. The highest BCUT2D eigenvalue weighted by molar-refractivity contribution is 6.18. The molecule has 0 atom stereocenters. The number of rotatable bonds is 6. The van der Waals surface area contributed by atoms with Gasteiger partial charge in [0.25, 0.3) is 0 Å². The Morgan fingerprint density at radius 3 is 2.08 bits per heavy atom. The van der Waals surface area contributed by atoms with E-state index in [1.165, 1.54) is 0 Å². The summed E-state index contributed by atoms with van der Waals surface area (Å²) in [4.78, 5) is 0. The van der Waals surface area contributed by atoms with Gasteiger partial charge in [0, 0.05) is 30.6 Å². The van der Waals surface area contributed by atoms with Crippen molar-refractivity contribution in [1.82, 2.24) is 5.01 Å². The molecule has 0 aromatic carbocycles. The fourth-order valence-electron chi connectivity index (χ4n) is 0.719. The van der Waals surface area contributed by atoms with E-state index in [9.17, 15) is 0 Å². The molecule has 0 radical (unpaired) electrons. The molecule has 2 nitrogen and oxygen atoms in total. The van der Waals surface area contributed by atoms with Crippen molar-refractivity contribution in [3.63, 3.8) is 0 Å². The van der Waals surface area contributed by atoms with E-state index in [0.717, 1.165) is 25.2 Å². The smallest absolute Gasteiger partial charge is 0.0496 e. The van der Waals surface area contributed by atoms with Crippen LogP contribution in [-0.2, 0) is 0 Å². The predicted molar refractivity (Wildman–Crippen MR) is 56.4 cm³/mol. The van der Waals surface area contributed by atoms with E-state index >= 15 is 0 Å². The molecule has 0 N–H and O–H groups in total. The summed E-state index contributed by atoms with van der Waals surface area (Å²) in [7, 11) is 0. The van der Waals surface area contributed by atoms with Gasteiger partial charge in [-0.25, -0.2) is 0 Å². The Labute approximate surface area is 84.5 Å². The van der Waals surface area contributed by atoms with Gasteiger partial charge >= 0.3 is 0 Å². The molecule has 12 heavy (non-hydrogen) atoms. The fourth-order valence-corrected chi connectivity index (χ4v) is 1.11. The van der Waals surface area contributed by atoms with Gasteiger partial charge in [-0.1, -0.05) is 6.92 Å². The van der Waals surface area contributed by atoms with Crippen LogP contribution >= 0.6 is 23.2 Å². The van der Waals surface area contributed by atoms with Gasteiger partial charge in [-0.3, -0.25) is 5.01 Å². The zero-order valence-corrected chi connectivity index (χ0v) is 9.20. The lowest BCUT2D eigenvalue weighted by Gasteiger charge is -2.17. The first-order valence-corrected chi connectivity index (χ1v) is 5.22. The Hall–Kier alpha value is 0.0500. The molecule has 0 aromatic rings. The van der Waals surface area contributed by atoms with Crippen molar-refractivity contribution in [2.75, 3.05) is 24.8 Å². The summed E-state index contributed by atoms with van der Waals surface area (Å²) in [6, 6.07) is 0. The molecule has 72 valence electrons. The van der Waals surface area contributed by atoms with Crippen molar-refractivity contribution in [2.24, 2.45) is 5.10 Å². The summed E-state index contributed by atoms with van der Waals surface area (Å²) < 4.78 is 0. The first-order chi connectivity index (χ1) is 5.74. The molecule has 0 aromatic heterocycles. The first-order valence-electron chi connectivity index (χ1n) is 4.15. The van der Waals surface area contributed by atoms with Gasteiger partial charge in [0.05, 0.1) is 0 Å². The largest absolute Gasteiger partial charge is 0.295 e. The SMILES string of the molecule is CC/C(C)=N/N(CCCl)CCCl. The lowest BCUT2D eigenvalue weighted by Crippen LogP contribution is -2.23. The molecule has 0 saturated heterocycles. The molecule has 0 saturated carbocycles. The van der Waals surface area contributed by atoms with E-state index in [0.29, 0.717) is 11.8 Å². The van der Waals surface area contributed by atoms with Crippen LogP contribution in [0.25, 0.3) is 0 Å². The first kappa shape index (κ1) is 12.0. The number of hydrogen-bond donors (Lipinski definition) is 0. The molecule has 0 unspecified atom stereocenters. The maximum atomic E-state index is 5.60. The van der Waals surface area contributed by atoms with Crippen LogP contribution in [0.5, 0.6) is 0 Å². The molecular weight excluding hydrogens is 195 g/mol. The zero-order valence-electron chi connectivity index (χ0n) is 7.69. The maximum Gasteiger partial charge on any atom is 0.0496 e. The van der Waals surface area contributed by atoms with Gasteiger partial charge < -0.3 is 0 Å². The predicted octanol–water partition coefficient (Wildman–Crippen LogP) is 2.55. The van der Waals surface area contributed by atoms with Crippen LogP contribution < -0.4 is 0 Å². The molecule has 0 aliphatic carbocycles. The van der Waals surface area contributed by atoms with E-state index in [-0.39, 0.29) is 0 Å². The number of hydrazone groups is 1. The van der Waals surface area contributed by atoms with Gasteiger partial charge in [0.2, 0.25) is 0 Å². The standard InChI is InChI=1S/C8H16Cl2N2/c1-3-8(2)11-12(6-4-9)7-5-10/h3-7H2,1-2H3/b11-8+. The minimum absolute atomic E-state index is 0.595. The molecule has 0 spiro atoms. The highest BCUT2D eigenvalue weighted by Crippen LogP contribution is 1.95. The van der Waals surface area contributed by atoms with Crippen LogP contribution in [0.3, 0.4) is 0 Å². The third kappa shape index (κ3) is 5.67. The minimum atomic E-state index is 0.595. The summed E-state index contributed by atoms with van der Waals surface area (Å²) in [5, 5.41) is 6.27. The minimum Gasteiger partial charge on any atom is -0.295 e. The lowest BCUT2D eigenvalue weighted by molar-refractivity contribution is 0.324. The van der Waals surface area contributed by atoms with Crippen molar-refractivity contribution in [3.05, 3.63) is 0 Å². The molecular formula is C8H16Cl2N2. The summed E-state index contributed by atoms with van der Waals surface area (Å²) in [6.45, 7) is 5.63. The van der Waals surface area contributed by atoms with E-state index in [2.05, 4.69) is 12.0 Å². The zero-order chi connectivity index (χ0) is 9.40. The quantitative estimate of drug-likeness (QED) is 0.374. The Kier molecular flexibility index (Phi) is 7.72. The second kappa shape index (κ2) is 7.69. The summed E-state index contributed by atoms with van der Waals surface area (Å²) in [5.74, 6) is 1.19. The molecule has 0 amide bonds. The number of hydrogen-bond acceptors (Lipinski definition) is 2. The summed E-state index contributed by atoms with van der Waals surface area (Å²) >= 11 is 11.2. The molecule has 0 heterocycles. The lowest BCUT2D eigenvalue weighted by atomic mass is 10.3. The van der Waals surface area contributed by atoms with Crippen LogP contribution in [-0.4, -0.2) is 35.6 Å². The summed E-state index contributed by atoms with van der Waals surface area (Å²) in [6.07, 6.45) is 0.973. The molecule has 4 heteroatoms. The number of alkyl halides is 2. The van der Waals surface area contributed by atoms with Crippen molar-refractivity contribution in [3.8, 4) is 0 Å². The normalized spacial score (nSPS) is 11.8. The average molecular weight is 211 g/mol. The highest BCUT2D eigenvalue weighted by Gasteiger charge is 1.98. The van der Waals surface area contributed by atoms with Crippen LogP contribution in [0.1, 0.15) is 20.3 Å². The molecule has 0 rings (SSSR count). The van der Waals surface area contributed by atoms with Crippen LogP contribution in [0.15, 0.2) is 5.10 Å². The van der Waals surface area contributed by atoms with Gasteiger partial charge in [-0.15, -0.1) is 23.2 Å². The Morgan fingerprint density at radius 2 is 1.75 bits per heavy atom. The fraction of sp³-hybridized carbons (Fsp3) is 0.875. The third-order valence-electron chi connectivity index (χ3n) is 1.51. The average Bonchev–Trinajstić information content (AvgIpc) is 2.05. The van der Waals surface area contributed by atoms with E-state index in [4.69, 9.17) is 23.2 Å². The van der Waals surface area contributed by atoms with E-state index in [1.54, 1.807) is 0 Å². The Bertz CT molecular complexity index is 131. The van der Waals surface area contributed by atoms with Gasteiger partial charge in [0.15, 0.2) is 0 Å². The van der Waals surface area contributed by atoms with Crippen molar-refractivity contribution in [2.45, 2.75) is 20.3 Å². The van der Waals surface area contributed by atoms with Crippen molar-refractivity contribution >= 4 is 28.9 Å². The topological polar surface area (TPSA) is 15.6 Å². The Morgan fingerprint density at radius 1 is 1.25 bits per heavy atom. The van der Waals surface area contributed by atoms with Crippen molar-refractivity contribution in [1.29, 1.82) is 0 Å². The maximum absolute atomic E-state index is 5.60. The van der Waals surface area contributed by atoms with Crippen molar-refractivity contribution < 1.29 is 0 Å². The third-order valence-corrected chi connectivity index (χ3v) is 1.85. The highest BCUT2D eigenvalue weighted by atomic mass is 35.5. The summed E-state index contributed by atoms with van der Waals surface area (Å²) in [5.41, 5.74) is 1.12. The van der Waals surface area contributed by atoms with Crippen LogP contribution in [0.2, 0.25) is 0 Å². The Balaban J connectivity index is 3.92. The monoisotopic (exact) mass is 210 g/mol. The van der Waals surface area contributed by atoms with Crippen LogP contribution in [0.4, 0.5) is 0 Å². The number of halogens is 2.